The van der Waals surface area contributed by atoms with Crippen LogP contribution in [0.3, 0.4) is 0 Å². The molecule has 1 heterocycles. The smallest absolute Gasteiger partial charge is 0.407 e. The Kier molecular flexibility index (Phi) is 8.32. The average Bonchev–Trinajstić information content (AvgIpc) is 2.63. The van der Waals surface area contributed by atoms with E-state index in [4.69, 9.17) is 14.2 Å². The third kappa shape index (κ3) is 7.93. The van der Waals surface area contributed by atoms with E-state index in [0.717, 1.165) is 24.2 Å². The van der Waals surface area contributed by atoms with E-state index in [1.54, 1.807) is 7.11 Å². The van der Waals surface area contributed by atoms with Crippen LogP contribution in [0, 0.1) is 0 Å². The van der Waals surface area contributed by atoms with Gasteiger partial charge in [0.25, 0.3) is 0 Å². The first-order valence-electron chi connectivity index (χ1n) is 10.2. The number of carbonyl (C=O) groups is 2. The number of nitrogens with one attached hydrogen (secondary N) is 1. The maximum atomic E-state index is 12.2. The second-order valence-corrected chi connectivity index (χ2v) is 8.36. The molecule has 0 bridgehead atoms. The largest absolute Gasteiger partial charge is 0.497 e. The third-order valence-corrected chi connectivity index (χ3v) is 4.79. The van der Waals surface area contributed by atoms with Crippen molar-refractivity contribution in [3.8, 4) is 5.75 Å². The van der Waals surface area contributed by atoms with Crippen molar-refractivity contribution >= 4 is 12.1 Å². The Hall–Kier alpha value is -2.28. The van der Waals surface area contributed by atoms with E-state index >= 15 is 0 Å². The van der Waals surface area contributed by atoms with E-state index < -0.39 is 11.7 Å². The maximum absolute atomic E-state index is 12.2. The highest BCUT2D eigenvalue weighted by Crippen LogP contribution is 2.24. The number of rotatable bonds is 7. The van der Waals surface area contributed by atoms with Crippen LogP contribution in [0.1, 0.15) is 52.5 Å². The minimum absolute atomic E-state index is 0.0263. The number of hydrogen-bond acceptors (Lipinski definition) is 6. The van der Waals surface area contributed by atoms with E-state index in [1.807, 2.05) is 52.0 Å². The van der Waals surface area contributed by atoms with Gasteiger partial charge in [-0.05, 0) is 58.2 Å². The Labute approximate surface area is 173 Å². The number of carbonyl (C=O) groups excluding carboxylic acids is 2. The van der Waals surface area contributed by atoms with Crippen molar-refractivity contribution in [3.63, 3.8) is 0 Å². The molecule has 0 aromatic heterocycles. The lowest BCUT2D eigenvalue weighted by Gasteiger charge is -2.39. The Balaban J connectivity index is 2.05. The Morgan fingerprint density at radius 3 is 2.45 bits per heavy atom. The number of benzene rings is 1. The van der Waals surface area contributed by atoms with E-state index in [2.05, 4.69) is 10.2 Å². The molecule has 2 rings (SSSR count). The van der Waals surface area contributed by atoms with Gasteiger partial charge in [0, 0.05) is 25.2 Å². The van der Waals surface area contributed by atoms with Crippen molar-refractivity contribution in [2.75, 3.05) is 20.3 Å². The van der Waals surface area contributed by atoms with Crippen LogP contribution in [0.4, 0.5) is 4.79 Å². The molecule has 0 spiro atoms. The molecule has 1 aliphatic rings. The quantitative estimate of drug-likeness (QED) is 0.699. The molecule has 1 amide bonds. The van der Waals surface area contributed by atoms with E-state index in [9.17, 15) is 9.59 Å². The molecule has 0 unspecified atom stereocenters. The molecule has 0 radical (unpaired) electrons. The highest BCUT2D eigenvalue weighted by molar-refractivity contribution is 5.70. The van der Waals surface area contributed by atoms with Gasteiger partial charge in [-0.25, -0.2) is 4.79 Å². The summed E-state index contributed by atoms with van der Waals surface area (Å²) in [5, 5.41) is 2.97. The summed E-state index contributed by atoms with van der Waals surface area (Å²) < 4.78 is 15.8. The van der Waals surface area contributed by atoms with Crippen molar-refractivity contribution in [1.29, 1.82) is 0 Å². The topological polar surface area (TPSA) is 77.1 Å². The summed E-state index contributed by atoms with van der Waals surface area (Å²) in [6, 6.07) is 7.94. The molecule has 1 N–H and O–H groups in total. The first kappa shape index (κ1) is 23.0. The van der Waals surface area contributed by atoms with Gasteiger partial charge in [0.1, 0.15) is 11.4 Å². The molecule has 1 aromatic rings. The lowest BCUT2D eigenvalue weighted by atomic mass is 9.95. The van der Waals surface area contributed by atoms with Crippen LogP contribution < -0.4 is 10.1 Å². The van der Waals surface area contributed by atoms with Crippen molar-refractivity contribution in [3.05, 3.63) is 29.8 Å². The summed E-state index contributed by atoms with van der Waals surface area (Å²) in [5.74, 6) is 0.621. The molecule has 0 aliphatic carbocycles. The SMILES string of the molecule is CCOC(=O)C[C@@H]1CC[C@@H](NC(=O)OC(C)(C)C)CN1Cc1ccc(OC)cc1. The zero-order valence-corrected chi connectivity index (χ0v) is 18.2. The lowest BCUT2D eigenvalue weighted by molar-refractivity contribution is -0.145. The molecule has 0 saturated carbocycles. The number of esters is 1. The molecule has 7 heteroatoms. The Morgan fingerprint density at radius 1 is 1.17 bits per heavy atom. The number of nitrogens with zero attached hydrogens (tertiary/aromatic N) is 1. The fourth-order valence-electron chi connectivity index (χ4n) is 3.49. The number of hydrogen-bond donors (Lipinski definition) is 1. The van der Waals surface area contributed by atoms with Crippen molar-refractivity contribution < 1.29 is 23.8 Å². The molecule has 1 saturated heterocycles. The van der Waals surface area contributed by atoms with Gasteiger partial charge in [-0.2, -0.15) is 0 Å². The highest BCUT2D eigenvalue weighted by atomic mass is 16.6. The summed E-state index contributed by atoms with van der Waals surface area (Å²) in [4.78, 5) is 26.5. The number of ether oxygens (including phenoxy) is 3. The van der Waals surface area contributed by atoms with Crippen molar-refractivity contribution in [1.82, 2.24) is 10.2 Å². The van der Waals surface area contributed by atoms with Crippen LogP contribution in [-0.2, 0) is 20.8 Å². The third-order valence-electron chi connectivity index (χ3n) is 4.79. The number of piperidine rings is 1. The zero-order chi connectivity index (χ0) is 21.4. The highest BCUT2D eigenvalue weighted by Gasteiger charge is 2.31. The molecular weight excluding hydrogens is 372 g/mol. The lowest BCUT2D eigenvalue weighted by Crippen LogP contribution is -2.52. The number of amides is 1. The second kappa shape index (κ2) is 10.5. The van der Waals surface area contributed by atoms with Crippen LogP contribution in [0.15, 0.2) is 24.3 Å². The van der Waals surface area contributed by atoms with Crippen molar-refractivity contribution in [2.24, 2.45) is 0 Å². The van der Waals surface area contributed by atoms with Crippen LogP contribution in [0.2, 0.25) is 0 Å². The van der Waals surface area contributed by atoms with Gasteiger partial charge in [-0.15, -0.1) is 0 Å². The predicted molar refractivity (Wildman–Crippen MR) is 111 cm³/mol. The van der Waals surface area contributed by atoms with E-state index in [1.165, 1.54) is 0 Å². The van der Waals surface area contributed by atoms with Gasteiger partial charge in [-0.1, -0.05) is 12.1 Å². The van der Waals surface area contributed by atoms with E-state index in [0.29, 0.717) is 26.1 Å². The van der Waals surface area contributed by atoms with Gasteiger partial charge in [0.05, 0.1) is 20.1 Å². The Morgan fingerprint density at radius 2 is 1.86 bits per heavy atom. The van der Waals surface area contributed by atoms with Gasteiger partial charge in [0.2, 0.25) is 0 Å². The molecule has 162 valence electrons. The molecule has 1 aliphatic heterocycles. The summed E-state index contributed by atoms with van der Waals surface area (Å²) in [6.07, 6.45) is 1.54. The zero-order valence-electron chi connectivity index (χ0n) is 18.2. The summed E-state index contributed by atoms with van der Waals surface area (Å²) in [6.45, 7) is 9.06. The number of methoxy groups -OCH3 is 1. The monoisotopic (exact) mass is 406 g/mol. The average molecular weight is 407 g/mol. The fourth-order valence-corrected chi connectivity index (χ4v) is 3.49. The summed E-state index contributed by atoms with van der Waals surface area (Å²) in [5.41, 5.74) is 0.589. The van der Waals surface area contributed by atoms with Crippen LogP contribution in [-0.4, -0.2) is 54.9 Å². The number of alkyl carbamates (subject to hydrolysis) is 1. The maximum Gasteiger partial charge on any atom is 0.407 e. The Bertz CT molecular complexity index is 669. The van der Waals surface area contributed by atoms with Crippen LogP contribution in [0.5, 0.6) is 5.75 Å². The first-order chi connectivity index (χ1) is 13.7. The molecule has 29 heavy (non-hydrogen) atoms. The fraction of sp³-hybridized carbons (Fsp3) is 0.636. The molecule has 7 nitrogen and oxygen atoms in total. The van der Waals surface area contributed by atoms with Gasteiger partial charge >= 0.3 is 12.1 Å². The number of likely N-dealkylation sites (tertiary alicyclic amines) is 1. The minimum Gasteiger partial charge on any atom is -0.497 e. The molecular formula is C22H34N2O5. The second-order valence-electron chi connectivity index (χ2n) is 8.36. The van der Waals surface area contributed by atoms with Crippen LogP contribution >= 0.6 is 0 Å². The molecule has 1 aromatic carbocycles. The minimum atomic E-state index is -0.534. The molecule has 1 fully saturated rings. The van der Waals surface area contributed by atoms with Crippen molar-refractivity contribution in [2.45, 2.75) is 71.2 Å². The van der Waals surface area contributed by atoms with Gasteiger partial charge in [-0.3, -0.25) is 9.69 Å². The molecule has 2 atom stereocenters. The van der Waals surface area contributed by atoms with Gasteiger partial charge < -0.3 is 19.5 Å². The first-order valence-corrected chi connectivity index (χ1v) is 10.2. The standard InChI is InChI=1S/C22H34N2O5/c1-6-28-20(25)13-18-10-9-17(23-21(26)29-22(2,3)4)15-24(18)14-16-7-11-19(27-5)12-8-16/h7-8,11-12,17-18H,6,9-10,13-15H2,1-5H3,(H,23,26)/t17-,18+/m1/s1. The van der Waals surface area contributed by atoms with E-state index in [-0.39, 0.29) is 18.1 Å². The summed E-state index contributed by atoms with van der Waals surface area (Å²) in [7, 11) is 1.64. The van der Waals surface area contributed by atoms with Crippen LogP contribution in [0.25, 0.3) is 0 Å². The van der Waals surface area contributed by atoms with Gasteiger partial charge in [0.15, 0.2) is 0 Å². The normalized spacial score (nSPS) is 20.0. The summed E-state index contributed by atoms with van der Waals surface area (Å²) >= 11 is 0. The predicted octanol–water partition coefficient (Wildman–Crippen LogP) is 3.51.